The van der Waals surface area contributed by atoms with E-state index in [2.05, 4.69) is 44.7 Å². The van der Waals surface area contributed by atoms with Gasteiger partial charge in [-0.05, 0) is 30.5 Å². The molecule has 7 nitrogen and oxygen atoms in total. The van der Waals surface area contributed by atoms with E-state index in [0.29, 0.717) is 26.2 Å². The van der Waals surface area contributed by atoms with Crippen LogP contribution < -0.4 is 20.3 Å². The number of nitrogens with zero attached hydrogens (tertiary/aromatic N) is 2. The molecule has 0 saturated carbocycles. The van der Waals surface area contributed by atoms with Gasteiger partial charge < -0.3 is 20.3 Å². The molecule has 1 saturated heterocycles. The first-order valence-corrected chi connectivity index (χ1v) is 11.4. The highest BCUT2D eigenvalue weighted by molar-refractivity contribution is 5.88. The third-order valence-corrected chi connectivity index (χ3v) is 6.30. The quantitative estimate of drug-likeness (QED) is 0.588. The molecule has 170 valence electrons. The van der Waals surface area contributed by atoms with E-state index in [-0.39, 0.29) is 18.2 Å². The van der Waals surface area contributed by atoms with Crippen LogP contribution in [0.25, 0.3) is 0 Å². The molecule has 2 aliphatic rings. The third-order valence-electron chi connectivity index (χ3n) is 6.30. The molecule has 2 aliphatic heterocycles. The number of benzene rings is 2. The van der Waals surface area contributed by atoms with E-state index in [1.807, 2.05) is 24.3 Å². The number of anilines is 1. The molecule has 0 aromatic heterocycles. The van der Waals surface area contributed by atoms with Gasteiger partial charge in [0.25, 0.3) is 0 Å². The van der Waals surface area contributed by atoms with Gasteiger partial charge in [0.05, 0.1) is 19.6 Å². The van der Waals surface area contributed by atoms with E-state index in [9.17, 15) is 9.59 Å². The van der Waals surface area contributed by atoms with E-state index in [1.165, 1.54) is 11.3 Å². The summed E-state index contributed by atoms with van der Waals surface area (Å²) in [5.74, 6) is 0.624. The third kappa shape index (κ3) is 5.22. The Morgan fingerprint density at radius 1 is 1.16 bits per heavy atom. The first kappa shape index (κ1) is 22.1. The number of nitrogens with one attached hydrogen (secondary N) is 2. The van der Waals surface area contributed by atoms with Crippen LogP contribution in [0.15, 0.2) is 48.5 Å². The number of piperazine rings is 1. The van der Waals surface area contributed by atoms with E-state index in [0.717, 1.165) is 37.2 Å². The number of ether oxygens (including phenoxy) is 1. The van der Waals surface area contributed by atoms with Crippen molar-refractivity contribution in [2.75, 3.05) is 44.7 Å². The maximum Gasteiger partial charge on any atom is 0.237 e. The van der Waals surface area contributed by atoms with E-state index in [1.54, 1.807) is 7.11 Å². The number of hydrogen-bond donors (Lipinski definition) is 2. The average Bonchev–Trinajstić information content (AvgIpc) is 3.22. The standard InChI is InChI=1S/C25H32N4O3/c1-32-23-10-5-3-8-20(23)18-29-16-13-27-25(31)22(29)17-24(30)26-12-6-14-28-15-11-19-7-2-4-9-21(19)28/h2-5,7-10,22H,6,11-18H2,1H3,(H,26,30)(H,27,31)/t22-/m0/s1. The number of amides is 2. The predicted octanol–water partition coefficient (Wildman–Crippen LogP) is 1.95. The minimum atomic E-state index is -0.473. The summed E-state index contributed by atoms with van der Waals surface area (Å²) < 4.78 is 5.45. The summed E-state index contributed by atoms with van der Waals surface area (Å²) in [6.45, 7) is 4.43. The maximum atomic E-state index is 12.6. The molecule has 2 amide bonds. The summed E-state index contributed by atoms with van der Waals surface area (Å²) in [7, 11) is 1.65. The van der Waals surface area contributed by atoms with Crippen LogP contribution in [0.5, 0.6) is 5.75 Å². The lowest BCUT2D eigenvalue weighted by molar-refractivity contribution is -0.134. The lowest BCUT2D eigenvalue weighted by Crippen LogP contribution is -2.56. The van der Waals surface area contributed by atoms with Crippen molar-refractivity contribution < 1.29 is 14.3 Å². The number of fused-ring (bicyclic) bond motifs is 1. The summed E-state index contributed by atoms with van der Waals surface area (Å²) in [6.07, 6.45) is 2.12. The monoisotopic (exact) mass is 436 g/mol. The summed E-state index contributed by atoms with van der Waals surface area (Å²) >= 11 is 0. The number of carbonyl (C=O) groups excluding carboxylic acids is 2. The Kier molecular flexibility index (Phi) is 7.27. The SMILES string of the molecule is COc1ccccc1CN1CCNC(=O)[C@@H]1CC(=O)NCCCN1CCc2ccccc21. The fraction of sp³-hybridized carbons (Fsp3) is 0.440. The van der Waals surface area contributed by atoms with Gasteiger partial charge in [0.1, 0.15) is 5.75 Å². The largest absolute Gasteiger partial charge is 0.496 e. The van der Waals surface area contributed by atoms with Crippen LogP contribution in [0.2, 0.25) is 0 Å². The first-order chi connectivity index (χ1) is 15.7. The van der Waals surface area contributed by atoms with Crippen LogP contribution >= 0.6 is 0 Å². The van der Waals surface area contributed by atoms with Crippen LogP contribution in [0.4, 0.5) is 5.69 Å². The molecule has 4 rings (SSSR count). The molecule has 1 atom stereocenters. The van der Waals surface area contributed by atoms with Crippen LogP contribution in [-0.4, -0.2) is 62.6 Å². The Hall–Kier alpha value is -3.06. The minimum absolute atomic E-state index is 0.0844. The first-order valence-electron chi connectivity index (χ1n) is 11.4. The Balaban J connectivity index is 1.26. The van der Waals surface area contributed by atoms with Crippen LogP contribution in [0.1, 0.15) is 24.0 Å². The molecule has 7 heteroatoms. The predicted molar refractivity (Wildman–Crippen MR) is 125 cm³/mol. The van der Waals surface area contributed by atoms with Gasteiger partial charge in [0, 0.05) is 50.5 Å². The molecule has 0 unspecified atom stereocenters. The van der Waals surface area contributed by atoms with Gasteiger partial charge in [-0.25, -0.2) is 0 Å². The van der Waals surface area contributed by atoms with E-state index in [4.69, 9.17) is 4.74 Å². The van der Waals surface area contributed by atoms with Crippen LogP contribution in [-0.2, 0) is 22.6 Å². The molecule has 0 spiro atoms. The van der Waals surface area contributed by atoms with E-state index < -0.39 is 6.04 Å². The summed E-state index contributed by atoms with van der Waals surface area (Å²) in [4.78, 5) is 29.6. The maximum absolute atomic E-state index is 12.6. The molecule has 2 aromatic carbocycles. The van der Waals surface area contributed by atoms with Crippen LogP contribution in [0, 0.1) is 0 Å². The highest BCUT2D eigenvalue weighted by Crippen LogP contribution is 2.27. The Bertz CT molecular complexity index is 948. The highest BCUT2D eigenvalue weighted by atomic mass is 16.5. The Labute approximate surface area is 189 Å². The summed E-state index contributed by atoms with van der Waals surface area (Å²) in [5, 5.41) is 5.91. The second-order valence-corrected chi connectivity index (χ2v) is 8.36. The zero-order valence-corrected chi connectivity index (χ0v) is 18.7. The molecular weight excluding hydrogens is 404 g/mol. The van der Waals surface area contributed by atoms with Crippen molar-refractivity contribution in [1.29, 1.82) is 0 Å². The second-order valence-electron chi connectivity index (χ2n) is 8.36. The van der Waals surface area contributed by atoms with Crippen molar-refractivity contribution in [2.24, 2.45) is 0 Å². The average molecular weight is 437 g/mol. The molecule has 2 heterocycles. The van der Waals surface area contributed by atoms with Crippen molar-refractivity contribution in [3.8, 4) is 5.75 Å². The normalized spacial score (nSPS) is 18.2. The lowest BCUT2D eigenvalue weighted by Gasteiger charge is -2.35. The summed E-state index contributed by atoms with van der Waals surface area (Å²) in [6, 6.07) is 15.8. The number of para-hydroxylation sites is 2. The van der Waals surface area contributed by atoms with Crippen molar-refractivity contribution in [1.82, 2.24) is 15.5 Å². The lowest BCUT2D eigenvalue weighted by atomic mass is 10.1. The molecule has 2 N–H and O–H groups in total. The zero-order chi connectivity index (χ0) is 22.3. The molecule has 32 heavy (non-hydrogen) atoms. The van der Waals surface area contributed by atoms with Gasteiger partial charge in [0.15, 0.2) is 0 Å². The van der Waals surface area contributed by atoms with Gasteiger partial charge in [-0.2, -0.15) is 0 Å². The minimum Gasteiger partial charge on any atom is -0.496 e. The molecule has 2 aromatic rings. The van der Waals surface area contributed by atoms with Crippen molar-refractivity contribution >= 4 is 17.5 Å². The molecule has 0 bridgehead atoms. The molecule has 0 aliphatic carbocycles. The van der Waals surface area contributed by atoms with Gasteiger partial charge in [-0.1, -0.05) is 36.4 Å². The second kappa shape index (κ2) is 10.5. The fourth-order valence-electron chi connectivity index (χ4n) is 4.61. The number of methoxy groups -OCH3 is 1. The molecular formula is C25H32N4O3. The smallest absolute Gasteiger partial charge is 0.237 e. The zero-order valence-electron chi connectivity index (χ0n) is 18.7. The Morgan fingerprint density at radius 3 is 2.84 bits per heavy atom. The fourth-order valence-corrected chi connectivity index (χ4v) is 4.61. The van der Waals surface area contributed by atoms with Gasteiger partial charge in [0.2, 0.25) is 11.8 Å². The van der Waals surface area contributed by atoms with Crippen molar-refractivity contribution in [3.05, 3.63) is 59.7 Å². The van der Waals surface area contributed by atoms with E-state index >= 15 is 0 Å². The number of hydrogen-bond acceptors (Lipinski definition) is 5. The van der Waals surface area contributed by atoms with Gasteiger partial charge >= 0.3 is 0 Å². The van der Waals surface area contributed by atoms with Crippen molar-refractivity contribution in [3.63, 3.8) is 0 Å². The molecule has 1 fully saturated rings. The number of carbonyl (C=O) groups is 2. The Morgan fingerprint density at radius 2 is 1.97 bits per heavy atom. The topological polar surface area (TPSA) is 73.9 Å². The number of rotatable bonds is 9. The summed E-state index contributed by atoms with van der Waals surface area (Å²) in [5.41, 5.74) is 3.72. The van der Waals surface area contributed by atoms with Gasteiger partial charge in [-0.3, -0.25) is 14.5 Å². The highest BCUT2D eigenvalue weighted by Gasteiger charge is 2.32. The van der Waals surface area contributed by atoms with Crippen molar-refractivity contribution in [2.45, 2.75) is 31.8 Å². The van der Waals surface area contributed by atoms with Crippen LogP contribution in [0.3, 0.4) is 0 Å². The molecule has 0 radical (unpaired) electrons. The van der Waals surface area contributed by atoms with Gasteiger partial charge in [-0.15, -0.1) is 0 Å².